The van der Waals surface area contributed by atoms with Crippen LogP contribution in [0.15, 0.2) is 24.3 Å². The molecule has 0 fully saturated rings. The Morgan fingerprint density at radius 1 is 1.17 bits per heavy atom. The van der Waals surface area contributed by atoms with Crippen molar-refractivity contribution in [1.29, 1.82) is 0 Å². The molecule has 0 unspecified atom stereocenters. The zero-order valence-corrected chi connectivity index (χ0v) is 13.4. The van der Waals surface area contributed by atoms with Gasteiger partial charge in [0.15, 0.2) is 8.32 Å². The van der Waals surface area contributed by atoms with E-state index in [2.05, 4.69) is 56.6 Å². The van der Waals surface area contributed by atoms with Gasteiger partial charge in [0.25, 0.3) is 0 Å². The number of benzene rings is 1. The van der Waals surface area contributed by atoms with Gasteiger partial charge in [-0.15, -0.1) is 0 Å². The number of hydrogen-bond acceptors (Lipinski definition) is 1. The van der Waals surface area contributed by atoms with E-state index in [1.54, 1.807) is 0 Å². The highest BCUT2D eigenvalue weighted by molar-refractivity contribution is 6.69. The van der Waals surface area contributed by atoms with Gasteiger partial charge in [-0.3, -0.25) is 0 Å². The maximum Gasteiger partial charge on any atom is 0.185 e. The van der Waals surface area contributed by atoms with Crippen molar-refractivity contribution in [3.05, 3.63) is 35.4 Å². The van der Waals surface area contributed by atoms with Crippen molar-refractivity contribution in [2.45, 2.75) is 52.4 Å². The lowest BCUT2D eigenvalue weighted by Crippen LogP contribution is -2.37. The molecule has 1 nitrogen and oxygen atoms in total. The highest BCUT2D eigenvalue weighted by atomic mass is 28.4. The molecule has 0 radical (unpaired) electrons. The van der Waals surface area contributed by atoms with Crippen LogP contribution >= 0.6 is 0 Å². The second-order valence-electron chi connectivity index (χ2n) is 5.99. The van der Waals surface area contributed by atoms with Crippen LogP contribution in [-0.2, 0) is 10.8 Å². The van der Waals surface area contributed by atoms with E-state index in [-0.39, 0.29) is 5.60 Å². The molecule has 0 spiro atoms. The zero-order chi connectivity index (χ0) is 13.8. The fourth-order valence-electron chi connectivity index (χ4n) is 1.96. The van der Waals surface area contributed by atoms with Gasteiger partial charge in [-0.1, -0.05) is 37.0 Å². The third kappa shape index (κ3) is 5.08. The first-order valence-electron chi connectivity index (χ1n) is 6.55. The fraction of sp³-hybridized carbons (Fsp3) is 0.500. The van der Waals surface area contributed by atoms with Crippen LogP contribution in [0.5, 0.6) is 0 Å². The second kappa shape index (κ2) is 5.73. The molecule has 0 amide bonds. The monoisotopic (exact) mass is 260 g/mol. The van der Waals surface area contributed by atoms with Gasteiger partial charge in [-0.2, -0.15) is 0 Å². The summed E-state index contributed by atoms with van der Waals surface area (Å²) in [5.74, 6) is 6.54. The molecule has 2 heteroatoms. The molecule has 1 aromatic rings. The minimum Gasteiger partial charge on any atom is -0.402 e. The first-order valence-corrected chi connectivity index (χ1v) is 9.95. The first kappa shape index (κ1) is 15.0. The van der Waals surface area contributed by atoms with Gasteiger partial charge in [0.2, 0.25) is 0 Å². The molecule has 0 heterocycles. The van der Waals surface area contributed by atoms with E-state index in [1.807, 2.05) is 19.9 Å². The summed E-state index contributed by atoms with van der Waals surface area (Å²) in [5, 5.41) is 0. The van der Waals surface area contributed by atoms with Gasteiger partial charge in [0.05, 0.1) is 0 Å². The lowest BCUT2D eigenvalue weighted by Gasteiger charge is -2.28. The smallest absolute Gasteiger partial charge is 0.185 e. The van der Waals surface area contributed by atoms with Crippen molar-refractivity contribution < 1.29 is 4.43 Å². The van der Waals surface area contributed by atoms with Gasteiger partial charge in [0.1, 0.15) is 5.60 Å². The Hall–Kier alpha value is -1.04. The number of hydrogen-bond donors (Lipinski definition) is 0. The fourth-order valence-corrected chi connectivity index (χ4v) is 3.54. The molecule has 0 aliphatic rings. The summed E-state index contributed by atoms with van der Waals surface area (Å²) in [4.78, 5) is 0. The molecule has 1 rings (SSSR count). The summed E-state index contributed by atoms with van der Waals surface area (Å²) in [6.07, 6.45) is 1.01. The Labute approximate surface area is 113 Å². The van der Waals surface area contributed by atoms with Crippen molar-refractivity contribution in [2.75, 3.05) is 0 Å². The normalized spacial score (nSPS) is 11.9. The Bertz CT molecular complexity index is 458. The topological polar surface area (TPSA) is 9.23 Å². The van der Waals surface area contributed by atoms with Crippen LogP contribution in [0.1, 0.15) is 31.9 Å². The van der Waals surface area contributed by atoms with Crippen molar-refractivity contribution in [2.24, 2.45) is 0 Å². The van der Waals surface area contributed by atoms with Gasteiger partial charge >= 0.3 is 0 Å². The maximum absolute atomic E-state index is 6.09. The van der Waals surface area contributed by atoms with Crippen LogP contribution in [0.3, 0.4) is 0 Å². The van der Waals surface area contributed by atoms with E-state index in [4.69, 9.17) is 4.43 Å². The Morgan fingerprint density at radius 2 is 1.78 bits per heavy atom. The summed E-state index contributed by atoms with van der Waals surface area (Å²) in [6.45, 7) is 12.8. The predicted octanol–water partition coefficient (Wildman–Crippen LogP) is 4.23. The van der Waals surface area contributed by atoms with Crippen LogP contribution in [0.25, 0.3) is 0 Å². The SMILES string of the molecule is CCc1ccccc1C#CC(C)(C)O[Si](C)(C)C. The highest BCUT2D eigenvalue weighted by Gasteiger charge is 2.25. The van der Waals surface area contributed by atoms with Gasteiger partial charge in [-0.05, 0) is 51.5 Å². The molecule has 0 saturated carbocycles. The predicted molar refractivity (Wildman–Crippen MR) is 81.2 cm³/mol. The zero-order valence-electron chi connectivity index (χ0n) is 12.4. The third-order valence-electron chi connectivity index (χ3n) is 2.46. The molecule has 0 atom stereocenters. The minimum absolute atomic E-state index is 0.370. The van der Waals surface area contributed by atoms with Crippen molar-refractivity contribution >= 4 is 8.32 Å². The van der Waals surface area contributed by atoms with Crippen molar-refractivity contribution in [3.63, 3.8) is 0 Å². The Morgan fingerprint density at radius 3 is 2.33 bits per heavy atom. The molecule has 0 aliphatic carbocycles. The van der Waals surface area contributed by atoms with E-state index in [0.717, 1.165) is 12.0 Å². The first-order chi connectivity index (χ1) is 8.23. The molecule has 0 bridgehead atoms. The van der Waals surface area contributed by atoms with E-state index in [0.29, 0.717) is 0 Å². The minimum atomic E-state index is -1.56. The average molecular weight is 260 g/mol. The largest absolute Gasteiger partial charge is 0.402 e. The molecule has 0 N–H and O–H groups in total. The lowest BCUT2D eigenvalue weighted by atomic mass is 10.0. The quantitative estimate of drug-likeness (QED) is 0.584. The van der Waals surface area contributed by atoms with Crippen molar-refractivity contribution in [3.8, 4) is 11.8 Å². The Kier molecular flexibility index (Phi) is 4.78. The van der Waals surface area contributed by atoms with Crippen LogP contribution in [0.4, 0.5) is 0 Å². The third-order valence-corrected chi connectivity index (χ3v) is 3.58. The Balaban J connectivity index is 2.93. The van der Waals surface area contributed by atoms with Crippen LogP contribution in [0, 0.1) is 11.8 Å². The summed E-state index contributed by atoms with van der Waals surface area (Å²) in [7, 11) is -1.56. The summed E-state index contributed by atoms with van der Waals surface area (Å²) < 4.78 is 6.09. The molecule has 0 aliphatic heterocycles. The molecule has 18 heavy (non-hydrogen) atoms. The number of rotatable bonds is 3. The van der Waals surface area contributed by atoms with Gasteiger partial charge < -0.3 is 4.43 Å². The lowest BCUT2D eigenvalue weighted by molar-refractivity contribution is 0.164. The van der Waals surface area contributed by atoms with Crippen LogP contribution in [0.2, 0.25) is 19.6 Å². The molecule has 0 saturated heterocycles. The molecule has 0 aromatic heterocycles. The summed E-state index contributed by atoms with van der Waals surface area (Å²) >= 11 is 0. The van der Waals surface area contributed by atoms with Crippen LogP contribution in [-0.4, -0.2) is 13.9 Å². The molecular weight excluding hydrogens is 236 g/mol. The van der Waals surface area contributed by atoms with Gasteiger partial charge in [0, 0.05) is 5.56 Å². The second-order valence-corrected chi connectivity index (χ2v) is 10.4. The summed E-state index contributed by atoms with van der Waals surface area (Å²) in [5.41, 5.74) is 2.05. The molecule has 98 valence electrons. The van der Waals surface area contributed by atoms with E-state index >= 15 is 0 Å². The highest BCUT2D eigenvalue weighted by Crippen LogP contribution is 2.17. The van der Waals surface area contributed by atoms with E-state index in [1.165, 1.54) is 5.56 Å². The number of aryl methyl sites for hydroxylation is 1. The van der Waals surface area contributed by atoms with Gasteiger partial charge in [-0.25, -0.2) is 0 Å². The summed E-state index contributed by atoms with van der Waals surface area (Å²) in [6, 6.07) is 8.32. The molecular formula is C16H24OSi. The van der Waals surface area contributed by atoms with Crippen molar-refractivity contribution in [1.82, 2.24) is 0 Å². The molecule has 1 aromatic carbocycles. The van der Waals surface area contributed by atoms with E-state index in [9.17, 15) is 0 Å². The van der Waals surface area contributed by atoms with E-state index < -0.39 is 8.32 Å². The maximum atomic E-state index is 6.09. The standard InChI is InChI=1S/C16H24OSi/c1-7-14-10-8-9-11-15(14)12-13-16(2,3)17-18(4,5)6/h8-11H,7H2,1-6H3. The van der Waals surface area contributed by atoms with Crippen LogP contribution < -0.4 is 0 Å². The average Bonchev–Trinajstić information content (AvgIpc) is 2.23.